The van der Waals surface area contributed by atoms with Crippen molar-refractivity contribution in [1.29, 1.82) is 0 Å². The normalized spacial score (nSPS) is 11.7. The summed E-state index contributed by atoms with van der Waals surface area (Å²) in [7, 11) is 0. The van der Waals surface area contributed by atoms with Gasteiger partial charge in [-0.1, -0.05) is 30.3 Å². The molecule has 0 bridgehead atoms. The molecule has 2 aromatic rings. The van der Waals surface area contributed by atoms with Crippen molar-refractivity contribution in [1.82, 2.24) is 0 Å². The maximum absolute atomic E-state index is 12.0. The molecule has 23 heavy (non-hydrogen) atoms. The van der Waals surface area contributed by atoms with E-state index in [1.807, 2.05) is 60.9 Å². The number of rotatable bonds is 8. The minimum atomic E-state index is -0.457. The largest absolute Gasteiger partial charge is 0.381 e. The van der Waals surface area contributed by atoms with E-state index in [0.29, 0.717) is 6.42 Å². The van der Waals surface area contributed by atoms with Crippen LogP contribution in [0.25, 0.3) is 0 Å². The average molecular weight is 329 g/mol. The smallest absolute Gasteiger partial charge is 0.241 e. The predicted octanol–water partition coefficient (Wildman–Crippen LogP) is 3.32. The fourth-order valence-corrected chi connectivity index (χ4v) is 2.57. The van der Waals surface area contributed by atoms with Crippen LogP contribution in [0, 0.1) is 0 Å². The lowest BCUT2D eigenvalue weighted by Gasteiger charge is -2.12. The molecule has 0 heterocycles. The first kappa shape index (κ1) is 17.4. The van der Waals surface area contributed by atoms with Gasteiger partial charge in [-0.25, -0.2) is 0 Å². The van der Waals surface area contributed by atoms with E-state index in [1.54, 1.807) is 11.8 Å². The van der Waals surface area contributed by atoms with E-state index in [4.69, 9.17) is 5.73 Å². The minimum absolute atomic E-state index is 0.130. The van der Waals surface area contributed by atoms with E-state index in [-0.39, 0.29) is 5.91 Å². The van der Waals surface area contributed by atoms with Crippen molar-refractivity contribution in [3.05, 3.63) is 60.2 Å². The number of carbonyl (C=O) groups is 1. The topological polar surface area (TPSA) is 67.2 Å². The van der Waals surface area contributed by atoms with E-state index >= 15 is 0 Å². The summed E-state index contributed by atoms with van der Waals surface area (Å²) in [5.74, 6) is 0.757. The molecule has 2 aromatic carbocycles. The van der Waals surface area contributed by atoms with Gasteiger partial charge in [0.1, 0.15) is 0 Å². The van der Waals surface area contributed by atoms with E-state index in [1.165, 1.54) is 0 Å². The quantitative estimate of drug-likeness (QED) is 0.695. The molecule has 5 heteroatoms. The highest BCUT2D eigenvalue weighted by atomic mass is 32.2. The third-order valence-corrected chi connectivity index (χ3v) is 4.11. The minimum Gasteiger partial charge on any atom is -0.381 e. The molecule has 0 radical (unpaired) electrons. The number of nitrogens with one attached hydrogen (secondary N) is 2. The molecule has 2 rings (SSSR count). The molecule has 0 spiro atoms. The Kier molecular flexibility index (Phi) is 6.97. The van der Waals surface area contributed by atoms with Gasteiger partial charge in [-0.15, -0.1) is 0 Å². The maximum atomic E-state index is 12.0. The first-order valence-electron chi connectivity index (χ1n) is 7.62. The van der Waals surface area contributed by atoms with E-state index in [2.05, 4.69) is 10.6 Å². The summed E-state index contributed by atoms with van der Waals surface area (Å²) in [6.45, 7) is 0.742. The van der Waals surface area contributed by atoms with Crippen molar-refractivity contribution < 1.29 is 4.79 Å². The van der Waals surface area contributed by atoms with Crippen molar-refractivity contribution in [3.63, 3.8) is 0 Å². The van der Waals surface area contributed by atoms with Gasteiger partial charge in [0.05, 0.1) is 6.04 Å². The Hall–Kier alpha value is -1.98. The van der Waals surface area contributed by atoms with E-state index in [0.717, 1.165) is 29.2 Å². The second-order valence-electron chi connectivity index (χ2n) is 5.29. The summed E-state index contributed by atoms with van der Waals surface area (Å²) in [4.78, 5) is 12.0. The van der Waals surface area contributed by atoms with Crippen molar-refractivity contribution >= 4 is 29.0 Å². The number of benzene rings is 2. The van der Waals surface area contributed by atoms with Crippen LogP contribution in [0.1, 0.15) is 12.0 Å². The second kappa shape index (κ2) is 9.22. The number of thioether (sulfide) groups is 1. The van der Waals surface area contributed by atoms with E-state index < -0.39 is 6.04 Å². The van der Waals surface area contributed by atoms with Gasteiger partial charge in [-0.05, 0) is 48.3 Å². The summed E-state index contributed by atoms with van der Waals surface area (Å²) < 4.78 is 0. The Morgan fingerprint density at radius 3 is 2.43 bits per heavy atom. The highest BCUT2D eigenvalue weighted by Gasteiger charge is 2.12. The average Bonchev–Trinajstić information content (AvgIpc) is 2.60. The maximum Gasteiger partial charge on any atom is 0.241 e. The molecule has 0 fully saturated rings. The van der Waals surface area contributed by atoms with Crippen LogP contribution in [0.15, 0.2) is 54.6 Å². The zero-order valence-corrected chi connectivity index (χ0v) is 14.1. The summed E-state index contributed by atoms with van der Waals surface area (Å²) in [6, 6.07) is 17.4. The number of hydrogen-bond donors (Lipinski definition) is 3. The van der Waals surface area contributed by atoms with Gasteiger partial charge in [0, 0.05) is 17.9 Å². The molecule has 1 amide bonds. The van der Waals surface area contributed by atoms with Gasteiger partial charge in [0.25, 0.3) is 0 Å². The third kappa shape index (κ3) is 5.96. The van der Waals surface area contributed by atoms with Crippen molar-refractivity contribution in [2.24, 2.45) is 5.73 Å². The Labute approximate surface area is 141 Å². The zero-order chi connectivity index (χ0) is 16.5. The number of hydrogen-bond acceptors (Lipinski definition) is 4. The monoisotopic (exact) mass is 329 g/mol. The van der Waals surface area contributed by atoms with Crippen molar-refractivity contribution in [2.75, 3.05) is 22.6 Å². The Balaban J connectivity index is 1.83. The number of nitrogens with two attached hydrogens (primary N) is 1. The summed E-state index contributed by atoms with van der Waals surface area (Å²) in [5.41, 5.74) is 8.87. The summed E-state index contributed by atoms with van der Waals surface area (Å²) in [5, 5.41) is 6.21. The highest BCUT2D eigenvalue weighted by molar-refractivity contribution is 7.98. The van der Waals surface area contributed by atoms with Crippen LogP contribution >= 0.6 is 11.8 Å². The van der Waals surface area contributed by atoms with Gasteiger partial charge in [-0.3, -0.25) is 4.79 Å². The third-order valence-electron chi connectivity index (χ3n) is 3.46. The lowest BCUT2D eigenvalue weighted by molar-refractivity contribution is -0.117. The molecule has 0 aliphatic carbocycles. The van der Waals surface area contributed by atoms with Crippen molar-refractivity contribution in [2.45, 2.75) is 19.0 Å². The fraction of sp³-hybridized carbons (Fsp3) is 0.278. The molecule has 0 saturated heterocycles. The van der Waals surface area contributed by atoms with Crippen LogP contribution in [-0.4, -0.2) is 24.0 Å². The number of amides is 1. The van der Waals surface area contributed by atoms with Crippen LogP contribution in [-0.2, 0) is 11.3 Å². The van der Waals surface area contributed by atoms with Crippen LogP contribution in [0.3, 0.4) is 0 Å². The first-order valence-corrected chi connectivity index (χ1v) is 9.01. The van der Waals surface area contributed by atoms with Crippen LogP contribution in [0.4, 0.5) is 11.4 Å². The van der Waals surface area contributed by atoms with Crippen LogP contribution < -0.4 is 16.4 Å². The number of carbonyl (C=O) groups excluding carboxylic acids is 1. The molecule has 0 aliphatic rings. The molecular formula is C18H23N3OS. The predicted molar refractivity (Wildman–Crippen MR) is 99.8 cm³/mol. The van der Waals surface area contributed by atoms with Gasteiger partial charge in [0.2, 0.25) is 5.91 Å². The molecule has 1 unspecified atom stereocenters. The molecule has 0 aliphatic heterocycles. The molecule has 4 nitrogen and oxygen atoms in total. The Morgan fingerprint density at radius 2 is 1.78 bits per heavy atom. The van der Waals surface area contributed by atoms with Crippen molar-refractivity contribution in [3.8, 4) is 0 Å². The first-order chi connectivity index (χ1) is 11.2. The summed E-state index contributed by atoms with van der Waals surface area (Å²) in [6.07, 6.45) is 2.69. The van der Waals surface area contributed by atoms with Crippen LogP contribution in [0.5, 0.6) is 0 Å². The van der Waals surface area contributed by atoms with Crippen LogP contribution in [0.2, 0.25) is 0 Å². The SMILES string of the molecule is CSCCC(N)C(=O)Nc1ccc(CNc2ccccc2)cc1. The molecule has 4 N–H and O–H groups in total. The van der Waals surface area contributed by atoms with Gasteiger partial charge in [0.15, 0.2) is 0 Å². The van der Waals surface area contributed by atoms with Gasteiger partial charge < -0.3 is 16.4 Å². The molecule has 0 saturated carbocycles. The lowest BCUT2D eigenvalue weighted by atomic mass is 10.2. The van der Waals surface area contributed by atoms with Gasteiger partial charge in [-0.2, -0.15) is 11.8 Å². The highest BCUT2D eigenvalue weighted by Crippen LogP contribution is 2.13. The number of para-hydroxylation sites is 1. The second-order valence-corrected chi connectivity index (χ2v) is 6.28. The summed E-state index contributed by atoms with van der Waals surface area (Å²) >= 11 is 1.69. The standard InChI is InChI=1S/C18H23N3OS/c1-23-12-11-17(19)18(22)21-16-9-7-14(8-10-16)13-20-15-5-3-2-4-6-15/h2-10,17,20H,11-13,19H2,1H3,(H,21,22). The zero-order valence-electron chi connectivity index (χ0n) is 13.3. The molecule has 122 valence electrons. The molecule has 0 aromatic heterocycles. The Bertz CT molecular complexity index is 601. The van der Waals surface area contributed by atoms with Gasteiger partial charge >= 0.3 is 0 Å². The molecule has 1 atom stereocenters. The Morgan fingerprint density at radius 1 is 1.09 bits per heavy atom. The van der Waals surface area contributed by atoms with E-state index in [9.17, 15) is 4.79 Å². The molecular weight excluding hydrogens is 306 g/mol. The lowest BCUT2D eigenvalue weighted by Crippen LogP contribution is -2.36. The fourth-order valence-electron chi connectivity index (χ4n) is 2.08. The number of anilines is 2.